The summed E-state index contributed by atoms with van der Waals surface area (Å²) in [5, 5.41) is 0. The molecule has 0 saturated heterocycles. The van der Waals surface area contributed by atoms with Gasteiger partial charge < -0.3 is 28.3 Å². The highest BCUT2D eigenvalue weighted by atomic mass is 127. The SMILES string of the molecule is COc1cc(OBOc2cc(OC)c(OC)c(C)c2I)c(I)c(C)c1OC. The normalized spacial score (nSPS) is 10.2. The second-order valence-corrected chi connectivity index (χ2v) is 7.66. The molecule has 0 radical (unpaired) electrons. The van der Waals surface area contributed by atoms with Crippen molar-refractivity contribution in [2.75, 3.05) is 28.4 Å². The molecule has 2 aromatic rings. The Morgan fingerprint density at radius 2 is 1.00 bits per heavy atom. The molecule has 0 N–H and O–H groups in total. The third-order valence-electron chi connectivity index (χ3n) is 4.02. The van der Waals surface area contributed by atoms with Gasteiger partial charge in [0.1, 0.15) is 11.5 Å². The lowest BCUT2D eigenvalue weighted by Gasteiger charge is -2.18. The van der Waals surface area contributed by atoms with Gasteiger partial charge in [0.05, 0.1) is 35.6 Å². The summed E-state index contributed by atoms with van der Waals surface area (Å²) in [5.74, 6) is 3.94. The minimum Gasteiger partial charge on any atom is -0.528 e. The Morgan fingerprint density at radius 3 is 1.30 bits per heavy atom. The van der Waals surface area contributed by atoms with Gasteiger partial charge in [-0.1, -0.05) is 0 Å². The first-order chi connectivity index (χ1) is 12.9. The molecule has 0 heterocycles. The van der Waals surface area contributed by atoms with Crippen LogP contribution in [0, 0.1) is 21.0 Å². The summed E-state index contributed by atoms with van der Waals surface area (Å²) in [6.07, 6.45) is 0. The van der Waals surface area contributed by atoms with E-state index < -0.39 is 0 Å². The van der Waals surface area contributed by atoms with E-state index in [2.05, 4.69) is 45.2 Å². The molecule has 0 amide bonds. The van der Waals surface area contributed by atoms with Gasteiger partial charge in [0.15, 0.2) is 23.0 Å². The van der Waals surface area contributed by atoms with Crippen molar-refractivity contribution in [1.29, 1.82) is 0 Å². The third kappa shape index (κ3) is 4.61. The van der Waals surface area contributed by atoms with Crippen LogP contribution in [0.5, 0.6) is 34.5 Å². The lowest BCUT2D eigenvalue weighted by molar-refractivity contribution is 0.348. The quantitative estimate of drug-likeness (QED) is 0.335. The molecule has 0 bridgehead atoms. The number of halogens is 2. The van der Waals surface area contributed by atoms with Crippen molar-refractivity contribution in [2.24, 2.45) is 0 Å². The van der Waals surface area contributed by atoms with Crippen molar-refractivity contribution in [3.8, 4) is 34.5 Å². The smallest absolute Gasteiger partial charge is 0.528 e. The molecule has 146 valence electrons. The Kier molecular flexibility index (Phi) is 8.01. The van der Waals surface area contributed by atoms with Crippen molar-refractivity contribution in [1.82, 2.24) is 0 Å². The van der Waals surface area contributed by atoms with Crippen LogP contribution in [-0.4, -0.2) is 36.1 Å². The van der Waals surface area contributed by atoms with Crippen LogP contribution < -0.4 is 28.3 Å². The van der Waals surface area contributed by atoms with Crippen molar-refractivity contribution in [3.63, 3.8) is 0 Å². The minimum atomic E-state index is 0.0375. The molecule has 0 spiro atoms. The summed E-state index contributed by atoms with van der Waals surface area (Å²) in [6, 6.07) is 3.59. The maximum Gasteiger partial charge on any atom is 0.576 e. The molecule has 6 nitrogen and oxygen atoms in total. The van der Waals surface area contributed by atoms with Crippen LogP contribution in [0.4, 0.5) is 0 Å². The predicted molar refractivity (Wildman–Crippen MR) is 122 cm³/mol. The molecular formula is C18H21BI2O6. The average molecular weight is 598 g/mol. The highest BCUT2D eigenvalue weighted by Gasteiger charge is 2.19. The molecule has 0 aromatic heterocycles. The summed E-state index contributed by atoms with van der Waals surface area (Å²) in [7, 11) is 6.46. The van der Waals surface area contributed by atoms with Crippen LogP contribution in [0.25, 0.3) is 0 Å². The number of methoxy groups -OCH3 is 4. The van der Waals surface area contributed by atoms with Crippen molar-refractivity contribution in [2.45, 2.75) is 13.8 Å². The van der Waals surface area contributed by atoms with E-state index in [9.17, 15) is 0 Å². The van der Waals surface area contributed by atoms with Gasteiger partial charge in [0.2, 0.25) is 0 Å². The van der Waals surface area contributed by atoms with Crippen molar-refractivity contribution in [3.05, 3.63) is 30.4 Å². The number of ether oxygens (including phenoxy) is 4. The summed E-state index contributed by atoms with van der Waals surface area (Å²) >= 11 is 4.44. The zero-order valence-corrected chi connectivity index (χ0v) is 20.4. The lowest BCUT2D eigenvalue weighted by Crippen LogP contribution is -2.13. The van der Waals surface area contributed by atoms with E-state index in [0.29, 0.717) is 34.5 Å². The first-order valence-corrected chi connectivity index (χ1v) is 10.1. The average Bonchev–Trinajstić information content (AvgIpc) is 2.67. The van der Waals surface area contributed by atoms with Gasteiger partial charge in [0, 0.05) is 23.3 Å². The molecule has 9 heteroatoms. The first kappa shape index (κ1) is 22.1. The second-order valence-electron chi connectivity index (χ2n) is 5.50. The molecule has 2 rings (SSSR count). The zero-order chi connectivity index (χ0) is 20.1. The van der Waals surface area contributed by atoms with Gasteiger partial charge >= 0.3 is 7.69 Å². The Morgan fingerprint density at radius 1 is 0.630 bits per heavy atom. The van der Waals surface area contributed by atoms with E-state index >= 15 is 0 Å². The van der Waals surface area contributed by atoms with Gasteiger partial charge in [-0.2, -0.15) is 0 Å². The monoisotopic (exact) mass is 598 g/mol. The summed E-state index contributed by atoms with van der Waals surface area (Å²) in [4.78, 5) is 0. The van der Waals surface area contributed by atoms with Gasteiger partial charge in [-0.3, -0.25) is 0 Å². The highest BCUT2D eigenvalue weighted by Crippen LogP contribution is 2.41. The summed E-state index contributed by atoms with van der Waals surface area (Å²) < 4.78 is 35.2. The summed E-state index contributed by atoms with van der Waals surface area (Å²) in [6.45, 7) is 3.91. The molecule has 0 saturated carbocycles. The lowest BCUT2D eigenvalue weighted by atomic mass is 10.1. The molecular weight excluding hydrogens is 577 g/mol. The molecule has 27 heavy (non-hydrogen) atoms. The van der Waals surface area contributed by atoms with Crippen LogP contribution in [-0.2, 0) is 0 Å². The fourth-order valence-electron chi connectivity index (χ4n) is 2.61. The van der Waals surface area contributed by atoms with E-state index in [0.717, 1.165) is 18.3 Å². The van der Waals surface area contributed by atoms with E-state index in [1.165, 1.54) is 0 Å². The maximum absolute atomic E-state index is 5.85. The molecule has 0 unspecified atom stereocenters. The fourth-order valence-corrected chi connectivity index (χ4v) is 3.72. The summed E-state index contributed by atoms with van der Waals surface area (Å²) in [5.41, 5.74) is 1.90. The Labute approximate surface area is 187 Å². The predicted octanol–water partition coefficient (Wildman–Crippen LogP) is 4.27. The van der Waals surface area contributed by atoms with Crippen LogP contribution >= 0.6 is 45.2 Å². The molecule has 0 atom stereocenters. The maximum atomic E-state index is 5.85. The molecule has 0 aliphatic carbocycles. The van der Waals surface area contributed by atoms with Gasteiger partial charge in [-0.05, 0) is 59.0 Å². The molecule has 0 aliphatic rings. The van der Waals surface area contributed by atoms with Crippen molar-refractivity contribution < 1.29 is 28.3 Å². The fraction of sp³-hybridized carbons (Fsp3) is 0.333. The number of hydrogen-bond donors (Lipinski definition) is 0. The van der Waals surface area contributed by atoms with Crippen LogP contribution in [0.3, 0.4) is 0 Å². The van der Waals surface area contributed by atoms with Crippen LogP contribution in [0.1, 0.15) is 11.1 Å². The molecule has 0 aliphatic heterocycles. The van der Waals surface area contributed by atoms with Gasteiger partial charge in [-0.25, -0.2) is 0 Å². The van der Waals surface area contributed by atoms with Crippen LogP contribution in [0.15, 0.2) is 12.1 Å². The largest absolute Gasteiger partial charge is 0.576 e. The zero-order valence-electron chi connectivity index (χ0n) is 16.1. The minimum absolute atomic E-state index is 0.0375. The second kappa shape index (κ2) is 9.81. The highest BCUT2D eigenvalue weighted by molar-refractivity contribution is 14.1. The van der Waals surface area contributed by atoms with E-state index in [1.54, 1.807) is 40.6 Å². The van der Waals surface area contributed by atoms with E-state index in [1.807, 2.05) is 13.8 Å². The van der Waals surface area contributed by atoms with E-state index in [4.69, 9.17) is 28.3 Å². The van der Waals surface area contributed by atoms with Gasteiger partial charge in [0.25, 0.3) is 0 Å². The topological polar surface area (TPSA) is 55.4 Å². The Balaban J connectivity index is 2.22. The Hall–Kier alpha value is -1.24. The van der Waals surface area contributed by atoms with Crippen LogP contribution in [0.2, 0.25) is 0 Å². The van der Waals surface area contributed by atoms with Crippen molar-refractivity contribution >= 4 is 52.9 Å². The van der Waals surface area contributed by atoms with E-state index in [-0.39, 0.29) is 7.69 Å². The standard InChI is InChI=1S/C18H21BI2O6/c1-9-15(20)11(7-13(22-3)17(9)24-5)26-19-27-12-8-14(23-4)18(25-6)10(2)16(12)21/h7-8,19H,1-6H3. The van der Waals surface area contributed by atoms with Gasteiger partial charge in [-0.15, -0.1) is 0 Å². The molecule has 0 fully saturated rings. The Bertz CT molecular complexity index is 761. The number of benzene rings is 2. The number of hydrogen-bond acceptors (Lipinski definition) is 6. The molecule has 2 aromatic carbocycles. The number of rotatable bonds is 8. The first-order valence-electron chi connectivity index (χ1n) is 7.97. The third-order valence-corrected chi connectivity index (χ3v) is 6.70.